The van der Waals surface area contributed by atoms with Crippen LogP contribution in [0.3, 0.4) is 0 Å². The van der Waals surface area contributed by atoms with Crippen molar-refractivity contribution < 1.29 is 19.1 Å². The van der Waals surface area contributed by atoms with E-state index in [0.717, 1.165) is 11.8 Å². The predicted molar refractivity (Wildman–Crippen MR) is 85.2 cm³/mol. The number of hydrogen-bond donors (Lipinski definition) is 0. The highest BCUT2D eigenvalue weighted by molar-refractivity contribution is 9.12. The number of fused-ring (bicyclic) bond motifs is 11. The quantitative estimate of drug-likeness (QED) is 0.496. The van der Waals surface area contributed by atoms with Gasteiger partial charge in [0.15, 0.2) is 11.6 Å². The molecular weight excluding hydrogens is 416 g/mol. The normalized spacial score (nSPS) is 52.7. The second-order valence-corrected chi connectivity index (χ2v) is 8.90. The Balaban J connectivity index is 1.64. The molecule has 6 heteroatoms. The molecule has 8 atom stereocenters. The second kappa shape index (κ2) is 4.52. The van der Waals surface area contributed by atoms with Crippen LogP contribution in [0.5, 0.6) is 0 Å². The number of ether oxygens (including phenoxy) is 2. The molecule has 4 fully saturated rings. The molecule has 1 unspecified atom stereocenters. The Kier molecular flexibility index (Phi) is 2.94. The van der Waals surface area contributed by atoms with E-state index in [-0.39, 0.29) is 58.1 Å². The molecule has 4 heterocycles. The lowest BCUT2D eigenvalue weighted by molar-refractivity contribution is -0.128. The Morgan fingerprint density at radius 3 is 2.77 bits per heavy atom. The Hall–Kier alpha value is -0.0400. The highest BCUT2D eigenvalue weighted by atomic mass is 79.9. The van der Waals surface area contributed by atoms with E-state index in [4.69, 9.17) is 9.47 Å². The van der Waals surface area contributed by atoms with E-state index < -0.39 is 0 Å². The average Bonchev–Trinajstić information content (AvgIpc) is 3.23. The van der Waals surface area contributed by atoms with Gasteiger partial charge in [-0.3, -0.25) is 9.59 Å². The Labute approximate surface area is 145 Å². The van der Waals surface area contributed by atoms with Crippen LogP contribution in [-0.4, -0.2) is 46.1 Å². The van der Waals surface area contributed by atoms with Crippen molar-refractivity contribution in [2.24, 2.45) is 17.3 Å². The summed E-state index contributed by atoms with van der Waals surface area (Å²) in [6, 6.07) is 0. The standard InChI is InChI=1S/C16H16Br2O4/c17-5-11(18)16-2-1-6-12(9-3-7(19)14(6)21-9)13(16)10-4-8(20)15(16)22-10/h1,9-15H,2-5H2/t9-,10-,11?,12+,13+,14-,15+,16+/m1/s1. The summed E-state index contributed by atoms with van der Waals surface area (Å²) in [5.74, 6) is 0.985. The third-order valence-corrected chi connectivity index (χ3v) is 9.10. The minimum absolute atomic E-state index is 0.0108. The van der Waals surface area contributed by atoms with Crippen molar-refractivity contribution in [3.63, 3.8) is 0 Å². The minimum Gasteiger partial charge on any atom is -0.366 e. The van der Waals surface area contributed by atoms with Crippen LogP contribution in [0.1, 0.15) is 19.3 Å². The number of carbonyl (C=O) groups excluding carboxylic acids is 2. The molecule has 1 aliphatic carbocycles. The molecule has 4 aliphatic heterocycles. The van der Waals surface area contributed by atoms with Gasteiger partial charge in [0.25, 0.3) is 0 Å². The average molecular weight is 432 g/mol. The molecule has 0 radical (unpaired) electrons. The molecule has 0 spiro atoms. The molecule has 22 heavy (non-hydrogen) atoms. The zero-order chi connectivity index (χ0) is 15.2. The third kappa shape index (κ3) is 1.47. The first kappa shape index (κ1) is 14.3. The Morgan fingerprint density at radius 1 is 1.23 bits per heavy atom. The van der Waals surface area contributed by atoms with Crippen LogP contribution < -0.4 is 0 Å². The van der Waals surface area contributed by atoms with Gasteiger partial charge < -0.3 is 9.47 Å². The molecule has 0 aromatic heterocycles. The monoisotopic (exact) mass is 430 g/mol. The van der Waals surface area contributed by atoms with Crippen molar-refractivity contribution in [1.82, 2.24) is 0 Å². The summed E-state index contributed by atoms with van der Waals surface area (Å²) in [4.78, 5) is 24.5. The van der Waals surface area contributed by atoms with E-state index >= 15 is 0 Å². The van der Waals surface area contributed by atoms with Gasteiger partial charge in [-0.15, -0.1) is 0 Å². The van der Waals surface area contributed by atoms with E-state index in [9.17, 15) is 9.59 Å². The summed E-state index contributed by atoms with van der Waals surface area (Å²) in [6.07, 6.45) is 3.36. The number of Topliss-reactive ketones (excluding diaryl/α,β-unsaturated/α-hetero) is 2. The maximum atomic E-state index is 12.4. The molecule has 4 bridgehead atoms. The molecule has 118 valence electrons. The van der Waals surface area contributed by atoms with Crippen LogP contribution >= 0.6 is 31.9 Å². The lowest BCUT2D eigenvalue weighted by Gasteiger charge is -2.50. The van der Waals surface area contributed by atoms with E-state index in [1.807, 2.05) is 0 Å². The first-order valence-corrected chi connectivity index (χ1v) is 9.88. The topological polar surface area (TPSA) is 52.6 Å². The van der Waals surface area contributed by atoms with Crippen LogP contribution in [-0.2, 0) is 19.1 Å². The molecule has 0 N–H and O–H groups in total. The fourth-order valence-electron chi connectivity index (χ4n) is 5.66. The van der Waals surface area contributed by atoms with Crippen molar-refractivity contribution in [1.29, 1.82) is 0 Å². The number of allylic oxidation sites excluding steroid dienone is 1. The smallest absolute Gasteiger partial charge is 0.168 e. The number of alkyl halides is 2. The van der Waals surface area contributed by atoms with Gasteiger partial charge in [0.2, 0.25) is 0 Å². The zero-order valence-corrected chi connectivity index (χ0v) is 15.0. The van der Waals surface area contributed by atoms with Crippen molar-refractivity contribution in [2.75, 3.05) is 5.33 Å². The molecule has 0 saturated carbocycles. The maximum Gasteiger partial charge on any atom is 0.168 e. The van der Waals surface area contributed by atoms with E-state index in [1.54, 1.807) is 0 Å². The summed E-state index contributed by atoms with van der Waals surface area (Å²) < 4.78 is 12.1. The molecule has 0 aromatic rings. The zero-order valence-electron chi connectivity index (χ0n) is 11.8. The summed E-state index contributed by atoms with van der Waals surface area (Å²) in [5.41, 5.74) is 0.967. The van der Waals surface area contributed by atoms with Gasteiger partial charge in [0.1, 0.15) is 12.2 Å². The summed E-state index contributed by atoms with van der Waals surface area (Å²) in [6.45, 7) is 0. The molecule has 4 nitrogen and oxygen atoms in total. The van der Waals surface area contributed by atoms with Crippen molar-refractivity contribution >= 4 is 43.4 Å². The number of ketones is 2. The first-order valence-electron chi connectivity index (χ1n) is 7.84. The van der Waals surface area contributed by atoms with Gasteiger partial charge in [-0.25, -0.2) is 0 Å². The van der Waals surface area contributed by atoms with Gasteiger partial charge in [-0.2, -0.15) is 0 Å². The van der Waals surface area contributed by atoms with Crippen LogP contribution in [0.25, 0.3) is 0 Å². The van der Waals surface area contributed by atoms with Crippen molar-refractivity contribution in [3.05, 3.63) is 11.6 Å². The van der Waals surface area contributed by atoms with Crippen LogP contribution in [0, 0.1) is 17.3 Å². The molecule has 5 aliphatic rings. The van der Waals surface area contributed by atoms with Crippen LogP contribution in [0.15, 0.2) is 11.6 Å². The van der Waals surface area contributed by atoms with Crippen LogP contribution in [0.4, 0.5) is 0 Å². The summed E-state index contributed by atoms with van der Waals surface area (Å²) in [7, 11) is 0. The highest BCUT2D eigenvalue weighted by Gasteiger charge is 2.71. The molecule has 0 amide bonds. The van der Waals surface area contributed by atoms with E-state index in [0.29, 0.717) is 12.8 Å². The van der Waals surface area contributed by atoms with E-state index in [1.165, 1.54) is 5.57 Å². The van der Waals surface area contributed by atoms with Crippen molar-refractivity contribution in [2.45, 2.75) is 48.5 Å². The summed E-state index contributed by atoms with van der Waals surface area (Å²) >= 11 is 7.39. The second-order valence-electron chi connectivity index (χ2n) is 7.14. The SMILES string of the molecule is O=C1C[C@H]2O[C@@H]1C1=CC[C@]3(C(Br)CBr)[C@H]([C@@H]12)[C@H]1CC(=O)[C@@H]3O1. The van der Waals surface area contributed by atoms with Gasteiger partial charge in [-0.05, 0) is 12.0 Å². The summed E-state index contributed by atoms with van der Waals surface area (Å²) in [5, 5.41) is 0.785. The predicted octanol–water partition coefficient (Wildman–Crippen LogP) is 2.17. The fourth-order valence-corrected chi connectivity index (χ4v) is 7.00. The number of hydrogen-bond acceptors (Lipinski definition) is 4. The lowest BCUT2D eigenvalue weighted by atomic mass is 9.53. The highest BCUT2D eigenvalue weighted by Crippen LogP contribution is 2.65. The van der Waals surface area contributed by atoms with E-state index in [2.05, 4.69) is 37.9 Å². The van der Waals surface area contributed by atoms with Gasteiger partial charge in [0.05, 0.1) is 12.2 Å². The number of halogens is 2. The Morgan fingerprint density at radius 2 is 2.00 bits per heavy atom. The van der Waals surface area contributed by atoms with Crippen LogP contribution in [0.2, 0.25) is 0 Å². The molecular formula is C16H16Br2O4. The van der Waals surface area contributed by atoms with Gasteiger partial charge >= 0.3 is 0 Å². The number of carbonyl (C=O) groups is 2. The van der Waals surface area contributed by atoms with Crippen molar-refractivity contribution in [3.8, 4) is 0 Å². The minimum atomic E-state index is -0.319. The van der Waals surface area contributed by atoms with Gasteiger partial charge in [-0.1, -0.05) is 37.9 Å². The first-order chi connectivity index (χ1) is 10.6. The maximum absolute atomic E-state index is 12.4. The Bertz CT molecular complexity index is 617. The molecule has 5 rings (SSSR count). The largest absolute Gasteiger partial charge is 0.366 e. The third-order valence-electron chi connectivity index (χ3n) is 6.41. The fraction of sp³-hybridized carbons (Fsp3) is 0.750. The molecule has 4 saturated heterocycles. The lowest BCUT2D eigenvalue weighted by Crippen LogP contribution is -2.56. The molecule has 0 aromatic carbocycles. The van der Waals surface area contributed by atoms with Gasteiger partial charge in [0, 0.05) is 40.2 Å². The number of rotatable bonds is 2.